The second kappa shape index (κ2) is 7.60. The predicted molar refractivity (Wildman–Crippen MR) is 102 cm³/mol. The van der Waals surface area contributed by atoms with Gasteiger partial charge in [-0.2, -0.15) is 0 Å². The number of carbonyl (C=O) groups is 1. The normalized spacial score (nSPS) is 14.4. The highest BCUT2D eigenvalue weighted by molar-refractivity contribution is 5.95. The van der Waals surface area contributed by atoms with Crippen molar-refractivity contribution in [3.63, 3.8) is 0 Å². The van der Waals surface area contributed by atoms with E-state index in [0.717, 1.165) is 17.0 Å². The topological polar surface area (TPSA) is 41.6 Å². The van der Waals surface area contributed by atoms with E-state index in [1.54, 1.807) is 19.0 Å². The van der Waals surface area contributed by atoms with Gasteiger partial charge in [0.15, 0.2) is 0 Å². The Morgan fingerprint density at radius 3 is 2.32 bits per heavy atom. The van der Waals surface area contributed by atoms with Crippen LogP contribution in [0.3, 0.4) is 0 Å². The summed E-state index contributed by atoms with van der Waals surface area (Å²) in [7, 11) is 3.51. The molecule has 1 N–H and O–H groups in total. The maximum Gasteiger partial charge on any atom is 0.253 e. The average Bonchev–Trinajstić information content (AvgIpc) is 3.10. The lowest BCUT2D eigenvalue weighted by atomic mass is 10.1. The standard InChI is InChI=1S/C21H26N2O2/c1-15-8-11-19(14-20(15)21(24)23(2)3)25-18-12-9-17(10-13-18)22-16-6-4-5-7-16/h8-14,16,22H,4-7H2,1-3H3. The molecule has 1 amide bonds. The first kappa shape index (κ1) is 17.3. The number of benzene rings is 2. The first-order chi connectivity index (χ1) is 12.0. The Balaban J connectivity index is 1.69. The first-order valence-electron chi connectivity index (χ1n) is 8.89. The molecule has 4 nitrogen and oxygen atoms in total. The minimum absolute atomic E-state index is 0.0148. The number of amides is 1. The summed E-state index contributed by atoms with van der Waals surface area (Å²) in [5.41, 5.74) is 2.75. The minimum atomic E-state index is -0.0148. The summed E-state index contributed by atoms with van der Waals surface area (Å²) in [5.74, 6) is 1.43. The SMILES string of the molecule is Cc1ccc(Oc2ccc(NC3CCCC3)cc2)cc1C(=O)N(C)C. The van der Waals surface area contributed by atoms with Crippen LogP contribution < -0.4 is 10.1 Å². The zero-order valence-electron chi connectivity index (χ0n) is 15.2. The molecule has 1 aliphatic rings. The van der Waals surface area contributed by atoms with E-state index >= 15 is 0 Å². The molecule has 0 bridgehead atoms. The van der Waals surface area contributed by atoms with Crippen molar-refractivity contribution < 1.29 is 9.53 Å². The Kier molecular flexibility index (Phi) is 5.27. The molecule has 0 saturated heterocycles. The van der Waals surface area contributed by atoms with Crippen molar-refractivity contribution in [2.24, 2.45) is 0 Å². The number of anilines is 1. The van der Waals surface area contributed by atoms with Crippen molar-refractivity contribution in [1.82, 2.24) is 4.90 Å². The summed E-state index contributed by atoms with van der Waals surface area (Å²) in [5, 5.41) is 3.57. The lowest BCUT2D eigenvalue weighted by Gasteiger charge is -2.15. The van der Waals surface area contributed by atoms with Crippen LogP contribution in [0, 0.1) is 6.92 Å². The molecule has 4 heteroatoms. The van der Waals surface area contributed by atoms with Crippen molar-refractivity contribution in [2.45, 2.75) is 38.6 Å². The molecule has 0 aromatic heterocycles. The maximum absolute atomic E-state index is 12.2. The maximum atomic E-state index is 12.2. The summed E-state index contributed by atoms with van der Waals surface area (Å²) < 4.78 is 5.93. The van der Waals surface area contributed by atoms with Gasteiger partial charge in [-0.25, -0.2) is 0 Å². The van der Waals surface area contributed by atoms with E-state index in [2.05, 4.69) is 5.32 Å². The highest BCUT2D eigenvalue weighted by Gasteiger charge is 2.15. The monoisotopic (exact) mass is 338 g/mol. The molecule has 0 atom stereocenters. The van der Waals surface area contributed by atoms with Crippen LogP contribution >= 0.6 is 0 Å². The van der Waals surface area contributed by atoms with Gasteiger partial charge >= 0.3 is 0 Å². The largest absolute Gasteiger partial charge is 0.457 e. The lowest BCUT2D eigenvalue weighted by molar-refractivity contribution is 0.0826. The molecule has 0 unspecified atom stereocenters. The Hall–Kier alpha value is -2.49. The first-order valence-corrected chi connectivity index (χ1v) is 8.89. The molecule has 0 spiro atoms. The van der Waals surface area contributed by atoms with Gasteiger partial charge in [0.25, 0.3) is 5.91 Å². The number of carbonyl (C=O) groups excluding carboxylic acids is 1. The van der Waals surface area contributed by atoms with Crippen LogP contribution in [-0.4, -0.2) is 30.9 Å². The van der Waals surface area contributed by atoms with E-state index in [1.165, 1.54) is 25.7 Å². The third-order valence-corrected chi connectivity index (χ3v) is 4.66. The number of rotatable bonds is 5. The quantitative estimate of drug-likeness (QED) is 0.848. The van der Waals surface area contributed by atoms with Gasteiger partial charge in [-0.3, -0.25) is 4.79 Å². The van der Waals surface area contributed by atoms with Gasteiger partial charge in [0.05, 0.1) is 0 Å². The van der Waals surface area contributed by atoms with Crippen molar-refractivity contribution in [3.8, 4) is 11.5 Å². The molecule has 1 aliphatic carbocycles. The Labute approximate surface area is 149 Å². The molecular weight excluding hydrogens is 312 g/mol. The van der Waals surface area contributed by atoms with E-state index < -0.39 is 0 Å². The highest BCUT2D eigenvalue weighted by atomic mass is 16.5. The van der Waals surface area contributed by atoms with E-state index in [4.69, 9.17) is 4.74 Å². The zero-order chi connectivity index (χ0) is 17.8. The molecule has 1 saturated carbocycles. The highest BCUT2D eigenvalue weighted by Crippen LogP contribution is 2.27. The molecule has 0 aliphatic heterocycles. The van der Waals surface area contributed by atoms with Gasteiger partial charge in [0.2, 0.25) is 0 Å². The summed E-state index contributed by atoms with van der Waals surface area (Å²) in [6.07, 6.45) is 5.15. The summed E-state index contributed by atoms with van der Waals surface area (Å²) in [4.78, 5) is 13.8. The van der Waals surface area contributed by atoms with Gasteiger partial charge in [-0.15, -0.1) is 0 Å². The van der Waals surface area contributed by atoms with E-state index in [-0.39, 0.29) is 5.91 Å². The molecule has 25 heavy (non-hydrogen) atoms. The van der Waals surface area contributed by atoms with Gasteiger partial charge in [0.1, 0.15) is 11.5 Å². The molecule has 2 aromatic carbocycles. The van der Waals surface area contributed by atoms with Gasteiger partial charge < -0.3 is 15.0 Å². The van der Waals surface area contributed by atoms with Gasteiger partial charge in [-0.1, -0.05) is 18.9 Å². The second-order valence-corrected chi connectivity index (χ2v) is 6.93. The molecule has 132 valence electrons. The number of ether oxygens (including phenoxy) is 1. The number of nitrogens with one attached hydrogen (secondary N) is 1. The average molecular weight is 338 g/mol. The fourth-order valence-electron chi connectivity index (χ4n) is 3.20. The molecule has 1 fully saturated rings. The number of hydrogen-bond acceptors (Lipinski definition) is 3. The Bertz CT molecular complexity index is 732. The molecule has 2 aromatic rings. The van der Waals surface area contributed by atoms with Crippen LogP contribution in [0.5, 0.6) is 11.5 Å². The van der Waals surface area contributed by atoms with Crippen LogP contribution in [0.4, 0.5) is 5.69 Å². The van der Waals surface area contributed by atoms with Crippen LogP contribution in [0.25, 0.3) is 0 Å². The summed E-state index contributed by atoms with van der Waals surface area (Å²) >= 11 is 0. The van der Waals surface area contributed by atoms with Crippen LogP contribution in [0.1, 0.15) is 41.6 Å². The third-order valence-electron chi connectivity index (χ3n) is 4.66. The van der Waals surface area contributed by atoms with Crippen LogP contribution in [0.15, 0.2) is 42.5 Å². The molecule has 3 rings (SSSR count). The van der Waals surface area contributed by atoms with E-state index in [1.807, 2.05) is 49.4 Å². The Morgan fingerprint density at radius 2 is 1.68 bits per heavy atom. The third kappa shape index (κ3) is 4.32. The van der Waals surface area contributed by atoms with Crippen molar-refractivity contribution in [3.05, 3.63) is 53.6 Å². The zero-order valence-corrected chi connectivity index (χ0v) is 15.2. The predicted octanol–water partition coefficient (Wildman–Crippen LogP) is 4.84. The summed E-state index contributed by atoms with van der Waals surface area (Å²) in [6.45, 7) is 1.93. The van der Waals surface area contributed by atoms with Gasteiger partial charge in [-0.05, 0) is 61.7 Å². The Morgan fingerprint density at radius 1 is 1.04 bits per heavy atom. The minimum Gasteiger partial charge on any atom is -0.457 e. The fraction of sp³-hybridized carbons (Fsp3) is 0.381. The number of aryl methyl sites for hydroxylation is 1. The van der Waals surface area contributed by atoms with Crippen molar-refractivity contribution in [1.29, 1.82) is 0 Å². The number of hydrogen-bond donors (Lipinski definition) is 1. The fourth-order valence-corrected chi connectivity index (χ4v) is 3.20. The van der Waals surface area contributed by atoms with E-state index in [0.29, 0.717) is 17.4 Å². The van der Waals surface area contributed by atoms with Crippen molar-refractivity contribution in [2.75, 3.05) is 19.4 Å². The lowest BCUT2D eigenvalue weighted by Crippen LogP contribution is -2.22. The molecule has 0 radical (unpaired) electrons. The van der Waals surface area contributed by atoms with Crippen LogP contribution in [0.2, 0.25) is 0 Å². The van der Waals surface area contributed by atoms with Crippen molar-refractivity contribution >= 4 is 11.6 Å². The second-order valence-electron chi connectivity index (χ2n) is 6.93. The molecular formula is C21H26N2O2. The smallest absolute Gasteiger partial charge is 0.253 e. The summed E-state index contributed by atoms with van der Waals surface area (Å²) in [6, 6.07) is 14.2. The number of nitrogens with zero attached hydrogens (tertiary/aromatic N) is 1. The van der Waals surface area contributed by atoms with Gasteiger partial charge in [0, 0.05) is 31.4 Å². The van der Waals surface area contributed by atoms with Crippen LogP contribution in [-0.2, 0) is 0 Å². The molecule has 0 heterocycles. The van der Waals surface area contributed by atoms with E-state index in [9.17, 15) is 4.79 Å².